The Bertz CT molecular complexity index is 499. The Kier molecular flexibility index (Phi) is 2.76. The number of nitro benzene ring substituents is 2. The number of hydrogen-bond donors (Lipinski definition) is 3. The normalized spacial score (nSPS) is 9.88. The Balaban J connectivity index is 3.88. The van der Waals surface area contributed by atoms with E-state index in [1.54, 1.807) is 0 Å². The fourth-order valence-corrected chi connectivity index (χ4v) is 1.26. The summed E-state index contributed by atoms with van der Waals surface area (Å²) in [5.41, 5.74) is 10.8. The lowest BCUT2D eigenvalue weighted by Gasteiger charge is -2.06. The van der Waals surface area contributed by atoms with Crippen LogP contribution >= 0.6 is 0 Å². The molecule has 17 heavy (non-hydrogen) atoms. The SMILES string of the molecule is Nc1c(N=O)c(N)c([N+](=O)[O-])c(N)c1[N+](=O)[O-]. The molecule has 0 spiro atoms. The lowest BCUT2D eigenvalue weighted by Crippen LogP contribution is -2.07. The molecule has 11 heteroatoms. The predicted molar refractivity (Wildman–Crippen MR) is 58.4 cm³/mol. The van der Waals surface area contributed by atoms with Crippen LogP contribution in [0.25, 0.3) is 0 Å². The molecule has 0 aromatic heterocycles. The summed E-state index contributed by atoms with van der Waals surface area (Å²) in [5.74, 6) is 0. The van der Waals surface area contributed by atoms with Crippen molar-refractivity contribution in [3.05, 3.63) is 25.1 Å². The molecule has 0 bridgehead atoms. The van der Waals surface area contributed by atoms with Crippen molar-refractivity contribution >= 4 is 34.1 Å². The summed E-state index contributed by atoms with van der Waals surface area (Å²) < 4.78 is 0. The third-order valence-electron chi connectivity index (χ3n) is 1.99. The molecule has 0 heterocycles. The predicted octanol–water partition coefficient (Wildman–Crippen LogP) is 0.648. The zero-order chi connectivity index (χ0) is 13.3. The van der Waals surface area contributed by atoms with Crippen LogP contribution in [0.15, 0.2) is 5.18 Å². The first-order valence-electron chi connectivity index (χ1n) is 3.95. The molecule has 0 saturated heterocycles. The molecule has 11 nitrogen and oxygen atoms in total. The molecule has 0 radical (unpaired) electrons. The lowest BCUT2D eigenvalue weighted by molar-refractivity contribution is -0.391. The molecule has 0 fully saturated rings. The van der Waals surface area contributed by atoms with Gasteiger partial charge >= 0.3 is 11.4 Å². The quantitative estimate of drug-likeness (QED) is 0.297. The fourth-order valence-electron chi connectivity index (χ4n) is 1.26. The first-order valence-corrected chi connectivity index (χ1v) is 3.95. The minimum Gasteiger partial charge on any atom is -0.391 e. The number of nitro groups is 2. The maximum Gasteiger partial charge on any atom is 0.324 e. The van der Waals surface area contributed by atoms with Crippen molar-refractivity contribution in [1.82, 2.24) is 0 Å². The van der Waals surface area contributed by atoms with E-state index in [1.807, 2.05) is 0 Å². The van der Waals surface area contributed by atoms with Crippen LogP contribution < -0.4 is 17.2 Å². The van der Waals surface area contributed by atoms with Gasteiger partial charge in [-0.25, -0.2) is 0 Å². The van der Waals surface area contributed by atoms with E-state index in [4.69, 9.17) is 17.2 Å². The highest BCUT2D eigenvalue weighted by atomic mass is 16.6. The van der Waals surface area contributed by atoms with Gasteiger partial charge in [-0.2, -0.15) is 0 Å². The number of nitrogen functional groups attached to an aromatic ring is 3. The van der Waals surface area contributed by atoms with Crippen LogP contribution in [-0.2, 0) is 0 Å². The van der Waals surface area contributed by atoms with Crippen LogP contribution in [0.4, 0.5) is 34.1 Å². The maximum absolute atomic E-state index is 10.6. The van der Waals surface area contributed by atoms with Gasteiger partial charge in [-0.05, 0) is 5.18 Å². The molecule has 1 aromatic carbocycles. The summed E-state index contributed by atoms with van der Waals surface area (Å²) in [6.07, 6.45) is 0. The van der Waals surface area contributed by atoms with E-state index < -0.39 is 44.0 Å². The van der Waals surface area contributed by atoms with Crippen molar-refractivity contribution in [2.24, 2.45) is 5.18 Å². The number of rotatable bonds is 3. The van der Waals surface area contributed by atoms with E-state index >= 15 is 0 Å². The van der Waals surface area contributed by atoms with Crippen molar-refractivity contribution in [1.29, 1.82) is 0 Å². The number of nitroso groups, excluding NO2 is 1. The average molecular weight is 242 g/mol. The molecule has 0 amide bonds. The van der Waals surface area contributed by atoms with E-state index in [2.05, 4.69) is 5.18 Å². The van der Waals surface area contributed by atoms with Crippen LogP contribution in [0, 0.1) is 25.1 Å². The van der Waals surface area contributed by atoms with Crippen LogP contribution in [0.5, 0.6) is 0 Å². The van der Waals surface area contributed by atoms with Crippen molar-refractivity contribution in [3.63, 3.8) is 0 Å². The second-order valence-corrected chi connectivity index (χ2v) is 2.89. The highest BCUT2D eigenvalue weighted by Gasteiger charge is 2.33. The van der Waals surface area contributed by atoms with Crippen LogP contribution in [0.2, 0.25) is 0 Å². The standard InChI is InChI=1S/C6H6N6O5/c7-1-4(10-13)2(8)6(12(16)17)3(9)5(1)11(14)15/h7-9H2. The summed E-state index contributed by atoms with van der Waals surface area (Å²) in [5, 5.41) is 23.6. The Morgan fingerprint density at radius 3 is 1.47 bits per heavy atom. The number of nitrogens with two attached hydrogens (primary N) is 3. The minimum absolute atomic E-state index is 0.703. The van der Waals surface area contributed by atoms with Crippen molar-refractivity contribution in [2.75, 3.05) is 17.2 Å². The fraction of sp³-hybridized carbons (Fsp3) is 0. The molecule has 0 aliphatic carbocycles. The van der Waals surface area contributed by atoms with Gasteiger partial charge in [0.15, 0.2) is 11.4 Å². The number of nitrogens with zero attached hydrogens (tertiary/aromatic N) is 3. The Morgan fingerprint density at radius 2 is 1.24 bits per heavy atom. The lowest BCUT2D eigenvalue weighted by atomic mass is 10.1. The average Bonchev–Trinajstić information content (AvgIpc) is 2.16. The van der Waals surface area contributed by atoms with Crippen molar-refractivity contribution < 1.29 is 9.85 Å². The molecule has 6 N–H and O–H groups in total. The smallest absolute Gasteiger partial charge is 0.324 e. The van der Waals surface area contributed by atoms with Gasteiger partial charge in [-0.3, -0.25) is 20.2 Å². The minimum atomic E-state index is -1.05. The number of benzene rings is 1. The third kappa shape index (κ3) is 1.64. The van der Waals surface area contributed by atoms with Gasteiger partial charge in [0.25, 0.3) is 0 Å². The highest BCUT2D eigenvalue weighted by molar-refractivity contribution is 5.98. The summed E-state index contributed by atoms with van der Waals surface area (Å²) in [6.45, 7) is 0. The summed E-state index contributed by atoms with van der Waals surface area (Å²) in [6, 6.07) is 0. The summed E-state index contributed by atoms with van der Waals surface area (Å²) in [7, 11) is 0. The number of anilines is 3. The van der Waals surface area contributed by atoms with Crippen molar-refractivity contribution in [2.45, 2.75) is 0 Å². The maximum atomic E-state index is 10.6. The summed E-state index contributed by atoms with van der Waals surface area (Å²) in [4.78, 5) is 29.6. The van der Waals surface area contributed by atoms with Gasteiger partial charge in [-0.15, -0.1) is 4.91 Å². The van der Waals surface area contributed by atoms with Crippen LogP contribution in [0.1, 0.15) is 0 Å². The van der Waals surface area contributed by atoms with Gasteiger partial charge in [0.05, 0.1) is 9.85 Å². The molecule has 0 atom stereocenters. The molecular weight excluding hydrogens is 236 g/mol. The highest BCUT2D eigenvalue weighted by Crippen LogP contribution is 2.48. The molecular formula is C6H6N6O5. The Morgan fingerprint density at radius 1 is 0.882 bits per heavy atom. The molecule has 1 aromatic rings. The second kappa shape index (κ2) is 3.88. The molecule has 0 saturated carbocycles. The van der Waals surface area contributed by atoms with Crippen LogP contribution in [0.3, 0.4) is 0 Å². The van der Waals surface area contributed by atoms with Gasteiger partial charge < -0.3 is 17.2 Å². The number of hydrogen-bond acceptors (Lipinski definition) is 9. The van der Waals surface area contributed by atoms with Gasteiger partial charge in [0, 0.05) is 0 Å². The van der Waals surface area contributed by atoms with E-state index in [-0.39, 0.29) is 0 Å². The first kappa shape index (κ1) is 12.1. The molecule has 0 unspecified atom stereocenters. The van der Waals surface area contributed by atoms with E-state index in [1.165, 1.54) is 0 Å². The van der Waals surface area contributed by atoms with Gasteiger partial charge in [-0.1, -0.05) is 0 Å². The Hall–Kier alpha value is -2.98. The van der Waals surface area contributed by atoms with Crippen LogP contribution in [-0.4, -0.2) is 9.85 Å². The first-order chi connectivity index (χ1) is 7.82. The van der Waals surface area contributed by atoms with Gasteiger partial charge in [0.2, 0.25) is 0 Å². The summed E-state index contributed by atoms with van der Waals surface area (Å²) >= 11 is 0. The molecule has 0 aliphatic heterocycles. The molecule has 90 valence electrons. The van der Waals surface area contributed by atoms with E-state index in [0.29, 0.717) is 0 Å². The topological polar surface area (TPSA) is 194 Å². The van der Waals surface area contributed by atoms with E-state index in [0.717, 1.165) is 0 Å². The Labute approximate surface area is 92.5 Å². The second-order valence-electron chi connectivity index (χ2n) is 2.89. The zero-order valence-electron chi connectivity index (χ0n) is 8.11. The van der Waals surface area contributed by atoms with Crippen molar-refractivity contribution in [3.8, 4) is 0 Å². The monoisotopic (exact) mass is 242 g/mol. The third-order valence-corrected chi connectivity index (χ3v) is 1.99. The molecule has 1 rings (SSSR count). The molecule has 0 aliphatic rings. The van der Waals surface area contributed by atoms with E-state index in [9.17, 15) is 25.1 Å². The largest absolute Gasteiger partial charge is 0.391 e. The van der Waals surface area contributed by atoms with Gasteiger partial charge in [0.1, 0.15) is 11.4 Å². The zero-order valence-corrected chi connectivity index (χ0v) is 8.11.